The summed E-state index contributed by atoms with van der Waals surface area (Å²) >= 11 is 0. The number of phenolic OH excluding ortho intramolecular Hbond substituents is 1. The van der Waals surface area contributed by atoms with E-state index in [0.717, 1.165) is 5.56 Å². The molecule has 0 saturated carbocycles. The summed E-state index contributed by atoms with van der Waals surface area (Å²) in [6.07, 6.45) is 1.22. The number of hydrogen-bond acceptors (Lipinski definition) is 5. The second kappa shape index (κ2) is 9.38. The molecular weight excluding hydrogens is 366 g/mol. The lowest BCUT2D eigenvalue weighted by Crippen LogP contribution is -2.16. The highest BCUT2D eigenvalue weighted by Gasteiger charge is 2.22. The van der Waals surface area contributed by atoms with E-state index in [4.69, 9.17) is 10.00 Å². The fourth-order valence-electron chi connectivity index (χ4n) is 3.20. The molecule has 0 saturated heterocycles. The first-order valence-corrected chi connectivity index (χ1v) is 9.66. The maximum atomic E-state index is 12.4. The fourth-order valence-corrected chi connectivity index (χ4v) is 3.20. The zero-order valence-electron chi connectivity index (χ0n) is 17.4. The maximum Gasteiger partial charge on any atom is 0.163 e. The number of phenols is 1. The molecule has 29 heavy (non-hydrogen) atoms. The average Bonchev–Trinajstić information content (AvgIpc) is 2.66. The number of ether oxygens (including phenoxy) is 1. The molecule has 0 spiro atoms. The van der Waals surface area contributed by atoms with E-state index >= 15 is 0 Å². The van der Waals surface area contributed by atoms with Gasteiger partial charge < -0.3 is 9.84 Å². The van der Waals surface area contributed by atoms with E-state index in [1.54, 1.807) is 36.4 Å². The molecule has 0 fully saturated rings. The highest BCUT2D eigenvalue weighted by atomic mass is 16.5. The van der Waals surface area contributed by atoms with E-state index < -0.39 is 0 Å². The standard InChI is InChI=1S/C24H27NO4/c1-5-20-18(8-11-21(16(2)26)23(20)28)15-29-19-9-6-17(7-10-19)22(27)14-24(3,4)12-13-25/h6-11,28H,5,12,14-15H2,1-4H3. The van der Waals surface area contributed by atoms with Crippen molar-refractivity contribution in [2.24, 2.45) is 5.41 Å². The normalized spacial score (nSPS) is 11.0. The minimum Gasteiger partial charge on any atom is -0.507 e. The van der Waals surface area contributed by atoms with Crippen LogP contribution >= 0.6 is 0 Å². The summed E-state index contributed by atoms with van der Waals surface area (Å²) in [4.78, 5) is 24.0. The Kier molecular flexibility index (Phi) is 7.17. The molecule has 0 bridgehead atoms. The fraction of sp³-hybridized carbons (Fsp3) is 0.375. The van der Waals surface area contributed by atoms with Crippen LogP contribution in [0.1, 0.15) is 72.4 Å². The molecule has 152 valence electrons. The molecule has 0 aliphatic carbocycles. The number of benzene rings is 2. The average molecular weight is 393 g/mol. The number of ketones is 2. The zero-order chi connectivity index (χ0) is 21.6. The van der Waals surface area contributed by atoms with Gasteiger partial charge >= 0.3 is 0 Å². The number of carbonyl (C=O) groups is 2. The van der Waals surface area contributed by atoms with Crippen LogP contribution in [-0.4, -0.2) is 16.7 Å². The molecule has 5 nitrogen and oxygen atoms in total. The smallest absolute Gasteiger partial charge is 0.163 e. The first kappa shape index (κ1) is 22.2. The molecule has 5 heteroatoms. The lowest BCUT2D eigenvalue weighted by molar-refractivity contribution is 0.0932. The SMILES string of the molecule is CCc1c(COc2ccc(C(=O)CC(C)(C)CC#N)cc2)ccc(C(C)=O)c1O. The molecule has 2 aromatic rings. The Morgan fingerprint density at radius 2 is 1.79 bits per heavy atom. The van der Waals surface area contributed by atoms with Gasteiger partial charge in [-0.2, -0.15) is 5.26 Å². The predicted octanol–water partition coefficient (Wildman–Crippen LogP) is 5.25. The molecule has 0 unspecified atom stereocenters. The van der Waals surface area contributed by atoms with Crippen molar-refractivity contribution in [1.82, 2.24) is 0 Å². The highest BCUT2D eigenvalue weighted by molar-refractivity contribution is 5.97. The predicted molar refractivity (Wildman–Crippen MR) is 111 cm³/mol. The van der Waals surface area contributed by atoms with Gasteiger partial charge in [0.15, 0.2) is 11.6 Å². The van der Waals surface area contributed by atoms with Gasteiger partial charge in [0.25, 0.3) is 0 Å². The van der Waals surface area contributed by atoms with Crippen LogP contribution < -0.4 is 4.74 Å². The summed E-state index contributed by atoms with van der Waals surface area (Å²) in [6.45, 7) is 7.40. The molecule has 0 radical (unpaired) electrons. The van der Waals surface area contributed by atoms with Crippen LogP contribution in [0.4, 0.5) is 0 Å². The van der Waals surface area contributed by atoms with Gasteiger partial charge in [-0.1, -0.05) is 26.8 Å². The number of nitriles is 1. The second-order valence-electron chi connectivity index (χ2n) is 7.92. The summed E-state index contributed by atoms with van der Waals surface area (Å²) < 4.78 is 5.81. The highest BCUT2D eigenvalue weighted by Crippen LogP contribution is 2.29. The van der Waals surface area contributed by atoms with Gasteiger partial charge in [0.2, 0.25) is 0 Å². The summed E-state index contributed by atoms with van der Waals surface area (Å²) in [5, 5.41) is 19.2. The Morgan fingerprint density at radius 1 is 1.14 bits per heavy atom. The van der Waals surface area contributed by atoms with Gasteiger partial charge in [0, 0.05) is 24.0 Å². The first-order valence-electron chi connectivity index (χ1n) is 9.66. The third-order valence-corrected chi connectivity index (χ3v) is 4.88. The Hall–Kier alpha value is -3.13. The van der Waals surface area contributed by atoms with Crippen LogP contribution in [-0.2, 0) is 13.0 Å². The maximum absolute atomic E-state index is 12.4. The quantitative estimate of drug-likeness (QED) is 0.588. The van der Waals surface area contributed by atoms with Crippen LogP contribution in [0, 0.1) is 16.7 Å². The molecule has 0 amide bonds. The molecule has 0 aromatic heterocycles. The Balaban J connectivity index is 2.08. The van der Waals surface area contributed by atoms with Crippen molar-refractivity contribution in [3.63, 3.8) is 0 Å². The van der Waals surface area contributed by atoms with Crippen LogP contribution in [0.3, 0.4) is 0 Å². The van der Waals surface area contributed by atoms with Gasteiger partial charge in [-0.25, -0.2) is 0 Å². The molecule has 2 aromatic carbocycles. The lowest BCUT2D eigenvalue weighted by atomic mass is 9.83. The molecule has 1 N–H and O–H groups in total. The number of aromatic hydroxyl groups is 1. The van der Waals surface area contributed by atoms with Gasteiger partial charge in [0.05, 0.1) is 11.6 Å². The Morgan fingerprint density at radius 3 is 2.34 bits per heavy atom. The van der Waals surface area contributed by atoms with Gasteiger partial charge in [0.1, 0.15) is 18.1 Å². The first-order chi connectivity index (χ1) is 13.7. The van der Waals surface area contributed by atoms with E-state index in [1.807, 2.05) is 20.8 Å². The van der Waals surface area contributed by atoms with Crippen LogP contribution in [0.15, 0.2) is 36.4 Å². The monoisotopic (exact) mass is 393 g/mol. The van der Waals surface area contributed by atoms with Gasteiger partial charge in [-0.15, -0.1) is 0 Å². The summed E-state index contributed by atoms with van der Waals surface area (Å²) in [5.74, 6) is 0.440. The van der Waals surface area contributed by atoms with Gasteiger partial charge in [-0.3, -0.25) is 9.59 Å². The topological polar surface area (TPSA) is 87.4 Å². The van der Waals surface area contributed by atoms with E-state index in [2.05, 4.69) is 6.07 Å². The number of Topliss-reactive ketones (excluding diaryl/α,β-unsaturated/α-hetero) is 2. The zero-order valence-corrected chi connectivity index (χ0v) is 17.4. The molecule has 2 rings (SSSR count). The lowest BCUT2D eigenvalue weighted by Gasteiger charge is -2.19. The van der Waals surface area contributed by atoms with Crippen molar-refractivity contribution in [1.29, 1.82) is 5.26 Å². The van der Waals surface area contributed by atoms with Gasteiger partial charge in [-0.05, 0) is 54.7 Å². The number of hydrogen-bond donors (Lipinski definition) is 1. The van der Waals surface area contributed by atoms with E-state index in [0.29, 0.717) is 41.7 Å². The van der Waals surface area contributed by atoms with Crippen molar-refractivity contribution in [3.05, 3.63) is 58.7 Å². The van der Waals surface area contributed by atoms with E-state index in [1.165, 1.54) is 6.92 Å². The molecule has 0 atom stereocenters. The largest absolute Gasteiger partial charge is 0.507 e. The Labute approximate surface area is 171 Å². The number of rotatable bonds is 9. The number of nitrogens with zero attached hydrogens (tertiary/aromatic N) is 1. The van der Waals surface area contributed by atoms with E-state index in [9.17, 15) is 14.7 Å². The summed E-state index contributed by atoms with van der Waals surface area (Å²) in [7, 11) is 0. The van der Waals surface area contributed by atoms with Crippen molar-refractivity contribution < 1.29 is 19.4 Å². The van der Waals surface area contributed by atoms with Crippen molar-refractivity contribution >= 4 is 11.6 Å². The van der Waals surface area contributed by atoms with Crippen LogP contribution in [0.2, 0.25) is 0 Å². The minimum absolute atomic E-state index is 0.00480. The minimum atomic E-state index is -0.356. The summed E-state index contributed by atoms with van der Waals surface area (Å²) in [6, 6.07) is 12.4. The van der Waals surface area contributed by atoms with Crippen molar-refractivity contribution in [2.45, 2.75) is 53.6 Å². The Bertz CT molecular complexity index is 937. The third kappa shape index (κ3) is 5.68. The van der Waals surface area contributed by atoms with Crippen LogP contribution in [0.5, 0.6) is 11.5 Å². The van der Waals surface area contributed by atoms with Crippen molar-refractivity contribution in [2.75, 3.05) is 0 Å². The van der Waals surface area contributed by atoms with Crippen molar-refractivity contribution in [3.8, 4) is 17.6 Å². The molecular formula is C24H27NO4. The van der Waals surface area contributed by atoms with E-state index in [-0.39, 0.29) is 29.3 Å². The second-order valence-corrected chi connectivity index (χ2v) is 7.92. The third-order valence-electron chi connectivity index (χ3n) is 4.88. The molecule has 0 aliphatic heterocycles. The number of carbonyl (C=O) groups excluding carboxylic acids is 2. The molecule has 0 aliphatic rings. The van der Waals surface area contributed by atoms with Crippen LogP contribution in [0.25, 0.3) is 0 Å². The molecule has 0 heterocycles. The summed E-state index contributed by atoms with van der Waals surface area (Å²) in [5.41, 5.74) is 2.05.